The van der Waals surface area contributed by atoms with E-state index in [1.807, 2.05) is 0 Å². The second-order valence-corrected chi connectivity index (χ2v) is 6.33. The lowest BCUT2D eigenvalue weighted by Gasteiger charge is -2.21. The first-order chi connectivity index (χ1) is 6.78. The molecule has 2 atom stereocenters. The first-order valence-electron chi connectivity index (χ1n) is 4.67. The van der Waals surface area contributed by atoms with E-state index in [4.69, 9.17) is 5.11 Å². The van der Waals surface area contributed by atoms with Crippen LogP contribution in [0.2, 0.25) is 0 Å². The molecule has 2 unspecified atom stereocenters. The third-order valence-electron chi connectivity index (χ3n) is 2.65. The summed E-state index contributed by atoms with van der Waals surface area (Å²) in [6.45, 7) is 3.32. The molecule has 1 rings (SSSR count). The highest BCUT2D eigenvalue weighted by molar-refractivity contribution is 7.88. The first-order valence-corrected chi connectivity index (χ1v) is 5.89. The Labute approximate surface area is 90.9 Å². The molecule has 0 aromatic heterocycles. The zero-order chi connectivity index (χ0) is 11.8. The normalized spacial score (nSPS) is 24.3. The summed E-state index contributed by atoms with van der Waals surface area (Å²) >= 11 is 0. The molecular formula is C9H15NO4S. The van der Waals surface area contributed by atoms with E-state index in [1.54, 1.807) is 7.05 Å². The maximum Gasteiger partial charge on any atom is 0.321 e. The standard InChI is InChI=1S/C9H15NO4S/c1-9(2,8(12)13)15(14)6-4-5-10(3)7(6)11/h6H,4-5H2,1-3H3,(H,12,13). The van der Waals surface area contributed by atoms with Gasteiger partial charge in [0, 0.05) is 13.6 Å². The molecule has 1 N–H and O–H groups in total. The van der Waals surface area contributed by atoms with Gasteiger partial charge >= 0.3 is 5.97 Å². The van der Waals surface area contributed by atoms with Crippen LogP contribution in [0, 0.1) is 0 Å². The zero-order valence-corrected chi connectivity index (χ0v) is 9.84. The summed E-state index contributed by atoms with van der Waals surface area (Å²) in [5, 5.41) is 8.24. The van der Waals surface area contributed by atoms with Gasteiger partial charge in [-0.05, 0) is 20.3 Å². The number of carbonyl (C=O) groups is 2. The van der Waals surface area contributed by atoms with Gasteiger partial charge in [-0.3, -0.25) is 13.8 Å². The molecule has 15 heavy (non-hydrogen) atoms. The van der Waals surface area contributed by atoms with Crippen molar-refractivity contribution in [3.63, 3.8) is 0 Å². The largest absolute Gasteiger partial charge is 0.480 e. The van der Waals surface area contributed by atoms with E-state index in [0.717, 1.165) is 0 Å². The highest BCUT2D eigenvalue weighted by Gasteiger charge is 2.44. The molecule has 0 aromatic carbocycles. The fraction of sp³-hybridized carbons (Fsp3) is 0.778. The number of nitrogens with zero attached hydrogens (tertiary/aromatic N) is 1. The van der Waals surface area contributed by atoms with Gasteiger partial charge in [0.1, 0.15) is 10.00 Å². The molecule has 1 saturated heterocycles. The zero-order valence-electron chi connectivity index (χ0n) is 9.02. The van der Waals surface area contributed by atoms with Crippen LogP contribution in [-0.2, 0) is 20.4 Å². The number of hydrogen-bond acceptors (Lipinski definition) is 3. The van der Waals surface area contributed by atoms with Crippen LogP contribution in [0.15, 0.2) is 0 Å². The van der Waals surface area contributed by atoms with Crippen molar-refractivity contribution in [2.75, 3.05) is 13.6 Å². The molecule has 0 aromatic rings. The first kappa shape index (κ1) is 12.2. The molecule has 1 aliphatic rings. The summed E-state index contributed by atoms with van der Waals surface area (Å²) in [7, 11) is -0.0451. The van der Waals surface area contributed by atoms with Gasteiger partial charge < -0.3 is 10.0 Å². The van der Waals surface area contributed by atoms with E-state index in [1.165, 1.54) is 18.7 Å². The minimum atomic E-state index is -1.68. The molecule has 0 radical (unpaired) electrons. The van der Waals surface area contributed by atoms with Crippen LogP contribution >= 0.6 is 0 Å². The Bertz CT molecular complexity index is 326. The molecule has 0 bridgehead atoms. The van der Waals surface area contributed by atoms with Crippen molar-refractivity contribution in [3.8, 4) is 0 Å². The SMILES string of the molecule is CN1CCC(S(=O)C(C)(C)C(=O)O)C1=O. The third kappa shape index (κ3) is 2.04. The van der Waals surface area contributed by atoms with Crippen molar-refractivity contribution in [2.24, 2.45) is 0 Å². The molecule has 5 nitrogen and oxygen atoms in total. The maximum absolute atomic E-state index is 11.9. The fourth-order valence-corrected chi connectivity index (χ4v) is 3.00. The van der Waals surface area contributed by atoms with Crippen LogP contribution in [0.5, 0.6) is 0 Å². The van der Waals surface area contributed by atoms with Crippen LogP contribution in [0.25, 0.3) is 0 Å². The fourth-order valence-electron chi connectivity index (χ4n) is 1.43. The van der Waals surface area contributed by atoms with Gasteiger partial charge in [-0.1, -0.05) is 0 Å². The van der Waals surface area contributed by atoms with Gasteiger partial charge in [0.05, 0.1) is 10.8 Å². The highest BCUT2D eigenvalue weighted by atomic mass is 32.2. The van der Waals surface area contributed by atoms with E-state index >= 15 is 0 Å². The number of rotatable bonds is 3. The summed E-state index contributed by atoms with van der Waals surface area (Å²) in [6.07, 6.45) is 0.471. The number of likely N-dealkylation sites (tertiary alicyclic amines) is 1. The summed E-state index contributed by atoms with van der Waals surface area (Å²) < 4.78 is 10.6. The van der Waals surface area contributed by atoms with Gasteiger partial charge in [-0.2, -0.15) is 0 Å². The number of hydrogen-bond donors (Lipinski definition) is 1. The molecule has 0 saturated carbocycles. The minimum absolute atomic E-state index is 0.220. The van der Waals surface area contributed by atoms with Gasteiger partial charge in [0.15, 0.2) is 0 Å². The Hall–Kier alpha value is -0.910. The van der Waals surface area contributed by atoms with E-state index in [0.29, 0.717) is 13.0 Å². The highest BCUT2D eigenvalue weighted by Crippen LogP contribution is 2.24. The second kappa shape index (κ2) is 3.92. The molecule has 1 fully saturated rings. The topological polar surface area (TPSA) is 74.7 Å². The quantitative estimate of drug-likeness (QED) is 0.734. The summed E-state index contributed by atoms with van der Waals surface area (Å²) in [4.78, 5) is 23.9. The van der Waals surface area contributed by atoms with Crippen LogP contribution in [0.3, 0.4) is 0 Å². The van der Waals surface area contributed by atoms with Crippen molar-refractivity contribution in [3.05, 3.63) is 0 Å². The smallest absolute Gasteiger partial charge is 0.321 e. The van der Waals surface area contributed by atoms with Crippen molar-refractivity contribution in [2.45, 2.75) is 30.3 Å². The number of carboxylic acid groups (broad SMARTS) is 1. The van der Waals surface area contributed by atoms with E-state index in [2.05, 4.69) is 0 Å². The van der Waals surface area contributed by atoms with E-state index in [-0.39, 0.29) is 5.91 Å². The van der Waals surface area contributed by atoms with Crippen molar-refractivity contribution in [1.82, 2.24) is 4.90 Å². The summed E-state index contributed by atoms with van der Waals surface area (Å²) in [5.74, 6) is -1.36. The molecule has 1 amide bonds. The Morgan fingerprint density at radius 1 is 1.60 bits per heavy atom. The number of aliphatic carboxylic acids is 1. The van der Waals surface area contributed by atoms with E-state index < -0.39 is 26.8 Å². The Kier molecular flexibility index (Phi) is 3.18. The number of amides is 1. The Morgan fingerprint density at radius 3 is 2.47 bits per heavy atom. The van der Waals surface area contributed by atoms with E-state index in [9.17, 15) is 13.8 Å². The lowest BCUT2D eigenvalue weighted by Crippen LogP contribution is -2.44. The van der Waals surface area contributed by atoms with Crippen LogP contribution in [-0.4, -0.2) is 49.7 Å². The van der Waals surface area contributed by atoms with Crippen LogP contribution in [0.1, 0.15) is 20.3 Å². The second-order valence-electron chi connectivity index (χ2n) is 4.15. The van der Waals surface area contributed by atoms with Gasteiger partial charge in [0.2, 0.25) is 5.91 Å². The molecule has 1 heterocycles. The van der Waals surface area contributed by atoms with Gasteiger partial charge in [-0.15, -0.1) is 0 Å². The average molecular weight is 233 g/mol. The van der Waals surface area contributed by atoms with Gasteiger partial charge in [-0.25, -0.2) is 0 Å². The molecule has 0 spiro atoms. The number of carboxylic acids is 1. The molecule has 86 valence electrons. The molecular weight excluding hydrogens is 218 g/mol. The summed E-state index contributed by atoms with van der Waals surface area (Å²) in [5.41, 5.74) is 0. The third-order valence-corrected chi connectivity index (χ3v) is 4.79. The van der Waals surface area contributed by atoms with Gasteiger partial charge in [0.25, 0.3) is 0 Å². The lowest BCUT2D eigenvalue weighted by molar-refractivity contribution is -0.139. The monoisotopic (exact) mass is 233 g/mol. The molecule has 1 aliphatic heterocycles. The predicted molar refractivity (Wildman–Crippen MR) is 55.9 cm³/mol. The summed E-state index contributed by atoms with van der Waals surface area (Å²) in [6, 6.07) is 0. The molecule has 6 heteroatoms. The molecule has 0 aliphatic carbocycles. The average Bonchev–Trinajstić information content (AvgIpc) is 2.46. The van der Waals surface area contributed by atoms with Crippen molar-refractivity contribution >= 4 is 22.7 Å². The number of carbonyl (C=O) groups excluding carboxylic acids is 1. The van der Waals surface area contributed by atoms with Crippen molar-refractivity contribution in [1.29, 1.82) is 0 Å². The predicted octanol–water partition coefficient (Wildman–Crippen LogP) is -0.171. The van der Waals surface area contributed by atoms with Crippen molar-refractivity contribution < 1.29 is 18.9 Å². The van der Waals surface area contributed by atoms with Crippen LogP contribution in [0.4, 0.5) is 0 Å². The minimum Gasteiger partial charge on any atom is -0.480 e. The Balaban J connectivity index is 2.87. The maximum atomic E-state index is 11.9. The van der Waals surface area contributed by atoms with Crippen LogP contribution < -0.4 is 0 Å². The Morgan fingerprint density at radius 2 is 2.13 bits per heavy atom. The lowest BCUT2D eigenvalue weighted by atomic mass is 10.2.